The smallest absolute Gasteiger partial charge is 0.249 e. The number of pyridine rings is 1. The van der Waals surface area contributed by atoms with Gasteiger partial charge in [0.2, 0.25) is 17.6 Å². The van der Waals surface area contributed by atoms with E-state index in [-0.39, 0.29) is 24.2 Å². The molecule has 1 aliphatic rings. The van der Waals surface area contributed by atoms with E-state index in [9.17, 15) is 9.18 Å². The highest BCUT2D eigenvalue weighted by atomic mass is 19.1. The first-order valence-corrected chi connectivity index (χ1v) is 7.98. The van der Waals surface area contributed by atoms with Crippen molar-refractivity contribution in [2.75, 3.05) is 6.54 Å². The zero-order valence-corrected chi connectivity index (χ0v) is 13.3. The molecule has 126 valence electrons. The van der Waals surface area contributed by atoms with E-state index in [4.69, 9.17) is 4.52 Å². The number of likely N-dealkylation sites (tertiary alicyclic amines) is 1. The molecule has 3 aromatic rings. The summed E-state index contributed by atoms with van der Waals surface area (Å²) in [6, 6.07) is 9.39. The van der Waals surface area contributed by atoms with E-state index in [2.05, 4.69) is 15.1 Å². The summed E-state index contributed by atoms with van der Waals surface area (Å²) in [6.45, 7) is 0.648. The van der Waals surface area contributed by atoms with E-state index in [0.29, 0.717) is 18.3 Å². The molecule has 1 aromatic carbocycles. The summed E-state index contributed by atoms with van der Waals surface area (Å²) in [5, 5.41) is 3.97. The highest BCUT2D eigenvalue weighted by Crippen LogP contribution is 2.33. The number of amides is 1. The van der Waals surface area contributed by atoms with Crippen molar-refractivity contribution >= 4 is 5.91 Å². The van der Waals surface area contributed by atoms with Gasteiger partial charge in [-0.15, -0.1) is 0 Å². The van der Waals surface area contributed by atoms with Crippen LogP contribution >= 0.6 is 0 Å². The van der Waals surface area contributed by atoms with Crippen molar-refractivity contribution in [1.29, 1.82) is 0 Å². The molecule has 0 radical (unpaired) electrons. The molecule has 0 bridgehead atoms. The molecule has 0 N–H and O–H groups in total. The minimum atomic E-state index is -0.313. The number of nitrogens with zero attached hydrogens (tertiary/aromatic N) is 4. The van der Waals surface area contributed by atoms with Crippen LogP contribution in [0.3, 0.4) is 0 Å². The molecule has 0 aliphatic carbocycles. The first kappa shape index (κ1) is 15.4. The standard InChI is InChI=1S/C18H15FN4O2/c19-14-5-3-12(4-6-14)10-16(24)23-9-7-15(23)18-21-17(22-25-18)13-2-1-8-20-11-13/h1-6,8,11,15H,7,9-10H2/t15-/m1/s1. The van der Waals surface area contributed by atoms with Crippen molar-refractivity contribution in [2.24, 2.45) is 0 Å². The van der Waals surface area contributed by atoms with Crippen LogP contribution in [0.4, 0.5) is 4.39 Å². The number of hydrogen-bond donors (Lipinski definition) is 0. The van der Waals surface area contributed by atoms with Gasteiger partial charge in [-0.05, 0) is 36.2 Å². The molecule has 1 fully saturated rings. The van der Waals surface area contributed by atoms with Crippen LogP contribution in [0, 0.1) is 5.82 Å². The highest BCUT2D eigenvalue weighted by molar-refractivity contribution is 5.80. The Morgan fingerprint density at radius 3 is 2.80 bits per heavy atom. The molecular weight excluding hydrogens is 323 g/mol. The Balaban J connectivity index is 1.46. The molecule has 7 heteroatoms. The number of halogens is 1. The lowest BCUT2D eigenvalue weighted by Crippen LogP contribution is -2.46. The Morgan fingerprint density at radius 2 is 2.12 bits per heavy atom. The number of benzene rings is 1. The second-order valence-electron chi connectivity index (χ2n) is 5.89. The molecule has 6 nitrogen and oxygen atoms in total. The van der Waals surface area contributed by atoms with Crippen LogP contribution in [-0.2, 0) is 11.2 Å². The molecule has 0 saturated carbocycles. The van der Waals surface area contributed by atoms with Crippen molar-refractivity contribution in [1.82, 2.24) is 20.0 Å². The van der Waals surface area contributed by atoms with Crippen LogP contribution in [0.1, 0.15) is 23.9 Å². The Hall–Kier alpha value is -3.09. The summed E-state index contributed by atoms with van der Waals surface area (Å²) in [6.07, 6.45) is 4.34. The number of hydrogen-bond acceptors (Lipinski definition) is 5. The van der Waals surface area contributed by atoms with Crippen LogP contribution in [-0.4, -0.2) is 32.5 Å². The Labute approximate surface area is 143 Å². The van der Waals surface area contributed by atoms with Gasteiger partial charge in [0.15, 0.2) is 0 Å². The SMILES string of the molecule is O=C(Cc1ccc(F)cc1)N1CC[C@@H]1c1nc(-c2cccnc2)no1. The molecule has 25 heavy (non-hydrogen) atoms. The van der Waals surface area contributed by atoms with Crippen molar-refractivity contribution in [3.8, 4) is 11.4 Å². The van der Waals surface area contributed by atoms with Crippen molar-refractivity contribution in [3.63, 3.8) is 0 Å². The molecule has 4 rings (SSSR count). The fraction of sp³-hybridized carbons (Fsp3) is 0.222. The van der Waals surface area contributed by atoms with Gasteiger partial charge in [0, 0.05) is 24.5 Å². The predicted octanol–water partition coefficient (Wildman–Crippen LogP) is 2.79. The van der Waals surface area contributed by atoms with E-state index < -0.39 is 0 Å². The fourth-order valence-corrected chi connectivity index (χ4v) is 2.80. The number of carbonyl (C=O) groups excluding carboxylic acids is 1. The van der Waals surface area contributed by atoms with Crippen molar-refractivity contribution in [2.45, 2.75) is 18.9 Å². The first-order valence-electron chi connectivity index (χ1n) is 7.98. The molecule has 1 saturated heterocycles. The predicted molar refractivity (Wildman–Crippen MR) is 86.7 cm³/mol. The summed E-state index contributed by atoms with van der Waals surface area (Å²) < 4.78 is 18.3. The van der Waals surface area contributed by atoms with Crippen LogP contribution in [0.15, 0.2) is 53.3 Å². The van der Waals surface area contributed by atoms with E-state index >= 15 is 0 Å². The minimum absolute atomic E-state index is 0.0380. The lowest BCUT2D eigenvalue weighted by molar-refractivity contribution is -0.139. The van der Waals surface area contributed by atoms with Gasteiger partial charge < -0.3 is 9.42 Å². The van der Waals surface area contributed by atoms with Gasteiger partial charge in [0.1, 0.15) is 11.9 Å². The van der Waals surface area contributed by atoms with E-state index in [1.807, 2.05) is 6.07 Å². The lowest BCUT2D eigenvalue weighted by atomic mass is 10.0. The summed E-state index contributed by atoms with van der Waals surface area (Å²) >= 11 is 0. The van der Waals surface area contributed by atoms with Crippen LogP contribution < -0.4 is 0 Å². The molecule has 3 heterocycles. The molecular formula is C18H15FN4O2. The maximum atomic E-state index is 13.0. The molecule has 1 aliphatic heterocycles. The monoisotopic (exact) mass is 338 g/mol. The molecule has 1 amide bonds. The topological polar surface area (TPSA) is 72.1 Å². The highest BCUT2D eigenvalue weighted by Gasteiger charge is 2.37. The maximum Gasteiger partial charge on any atom is 0.249 e. The van der Waals surface area contributed by atoms with Gasteiger partial charge >= 0.3 is 0 Å². The third-order valence-electron chi connectivity index (χ3n) is 4.26. The Morgan fingerprint density at radius 1 is 1.28 bits per heavy atom. The largest absolute Gasteiger partial charge is 0.337 e. The van der Waals surface area contributed by atoms with Gasteiger partial charge in [0.05, 0.1) is 6.42 Å². The van der Waals surface area contributed by atoms with Gasteiger partial charge in [0.25, 0.3) is 0 Å². The average molecular weight is 338 g/mol. The summed E-state index contributed by atoms with van der Waals surface area (Å²) in [5.74, 6) is 0.536. The summed E-state index contributed by atoms with van der Waals surface area (Å²) in [7, 11) is 0. The normalized spacial score (nSPS) is 16.5. The number of rotatable bonds is 4. The minimum Gasteiger partial charge on any atom is -0.337 e. The average Bonchev–Trinajstić information content (AvgIpc) is 3.06. The van der Waals surface area contributed by atoms with Crippen molar-refractivity contribution < 1.29 is 13.7 Å². The molecule has 0 spiro atoms. The Kier molecular flexibility index (Phi) is 3.97. The maximum absolute atomic E-state index is 13.0. The second-order valence-corrected chi connectivity index (χ2v) is 5.89. The van der Waals surface area contributed by atoms with E-state index in [1.54, 1.807) is 35.5 Å². The number of aromatic nitrogens is 3. The van der Waals surface area contributed by atoms with E-state index in [0.717, 1.165) is 17.5 Å². The van der Waals surface area contributed by atoms with Crippen LogP contribution in [0.2, 0.25) is 0 Å². The van der Waals surface area contributed by atoms with Gasteiger partial charge in [-0.3, -0.25) is 9.78 Å². The zero-order valence-electron chi connectivity index (χ0n) is 13.3. The third kappa shape index (κ3) is 3.13. The quantitative estimate of drug-likeness (QED) is 0.731. The second kappa shape index (κ2) is 6.43. The number of carbonyl (C=O) groups is 1. The summed E-state index contributed by atoms with van der Waals surface area (Å²) in [4.78, 5) is 22.6. The molecule has 0 unspecified atom stereocenters. The lowest BCUT2D eigenvalue weighted by Gasteiger charge is -2.38. The zero-order chi connectivity index (χ0) is 17.2. The Bertz CT molecular complexity index is 880. The van der Waals surface area contributed by atoms with Crippen molar-refractivity contribution in [3.05, 3.63) is 66.1 Å². The summed E-state index contributed by atoms with van der Waals surface area (Å²) in [5.41, 5.74) is 1.54. The van der Waals surface area contributed by atoms with Gasteiger partial charge in [-0.1, -0.05) is 17.3 Å². The third-order valence-corrected chi connectivity index (χ3v) is 4.26. The van der Waals surface area contributed by atoms with Gasteiger partial charge in [-0.2, -0.15) is 4.98 Å². The molecule has 1 atom stereocenters. The first-order chi connectivity index (χ1) is 12.2. The van der Waals surface area contributed by atoms with Crippen LogP contribution in [0.25, 0.3) is 11.4 Å². The van der Waals surface area contributed by atoms with E-state index in [1.165, 1.54) is 12.1 Å². The van der Waals surface area contributed by atoms with Gasteiger partial charge in [-0.25, -0.2) is 4.39 Å². The van der Waals surface area contributed by atoms with Crippen LogP contribution in [0.5, 0.6) is 0 Å². The fourth-order valence-electron chi connectivity index (χ4n) is 2.80. The molecule has 2 aromatic heterocycles.